The van der Waals surface area contributed by atoms with Gasteiger partial charge in [-0.15, -0.1) is 0 Å². The number of nitrogens with zero attached hydrogens (tertiary/aromatic N) is 1. The summed E-state index contributed by atoms with van der Waals surface area (Å²) >= 11 is 3.42. The molecule has 0 aliphatic heterocycles. The van der Waals surface area contributed by atoms with Crippen LogP contribution >= 0.6 is 15.9 Å². The Morgan fingerprint density at radius 1 is 1.50 bits per heavy atom. The number of carbonyl (C=O) groups excluding carboxylic acids is 1. The lowest BCUT2D eigenvalue weighted by Crippen LogP contribution is -2.32. The molecule has 0 saturated carbocycles. The van der Waals surface area contributed by atoms with E-state index >= 15 is 0 Å². The highest BCUT2D eigenvalue weighted by atomic mass is 79.9. The van der Waals surface area contributed by atoms with Gasteiger partial charge in [0, 0.05) is 16.1 Å². The molecule has 0 unspecified atom stereocenters. The van der Waals surface area contributed by atoms with E-state index in [0.29, 0.717) is 17.0 Å². The molecule has 1 N–H and O–H groups in total. The van der Waals surface area contributed by atoms with Crippen LogP contribution in [0.2, 0.25) is 0 Å². The molecule has 0 aliphatic carbocycles. The lowest BCUT2D eigenvalue weighted by atomic mass is 10.1. The Labute approximate surface area is 126 Å². The standard InChI is InChI=1S/C15H17BrN2O2/c1-4-9(2)17-15(19)13-10(3)20-18-14(13)11-6-5-7-12(16)8-11/h5-9H,4H2,1-3H3,(H,17,19)/t9-/m0/s1. The number of hydrogen-bond donors (Lipinski definition) is 1. The maximum atomic E-state index is 12.4. The molecule has 1 aromatic heterocycles. The molecule has 0 saturated heterocycles. The Morgan fingerprint density at radius 2 is 2.25 bits per heavy atom. The van der Waals surface area contributed by atoms with Gasteiger partial charge in [-0.3, -0.25) is 4.79 Å². The lowest BCUT2D eigenvalue weighted by Gasteiger charge is -2.11. The minimum atomic E-state index is -0.145. The van der Waals surface area contributed by atoms with Gasteiger partial charge >= 0.3 is 0 Å². The SMILES string of the molecule is CC[C@H](C)NC(=O)c1c(-c2cccc(Br)c2)noc1C. The van der Waals surface area contributed by atoms with Gasteiger partial charge in [0.25, 0.3) is 5.91 Å². The summed E-state index contributed by atoms with van der Waals surface area (Å²) in [7, 11) is 0. The molecule has 1 amide bonds. The summed E-state index contributed by atoms with van der Waals surface area (Å²) in [5, 5.41) is 6.97. The van der Waals surface area contributed by atoms with E-state index in [4.69, 9.17) is 4.52 Å². The van der Waals surface area contributed by atoms with Crippen molar-refractivity contribution in [2.45, 2.75) is 33.2 Å². The molecule has 0 aliphatic rings. The van der Waals surface area contributed by atoms with E-state index in [1.807, 2.05) is 38.1 Å². The lowest BCUT2D eigenvalue weighted by molar-refractivity contribution is 0.0938. The summed E-state index contributed by atoms with van der Waals surface area (Å²) in [6.45, 7) is 5.75. The fraction of sp³-hybridized carbons (Fsp3) is 0.333. The van der Waals surface area contributed by atoms with E-state index in [9.17, 15) is 4.79 Å². The Bertz CT molecular complexity index is 622. The van der Waals surface area contributed by atoms with Gasteiger partial charge in [-0.1, -0.05) is 40.1 Å². The van der Waals surface area contributed by atoms with Gasteiger partial charge in [0.05, 0.1) is 0 Å². The van der Waals surface area contributed by atoms with E-state index in [1.165, 1.54) is 0 Å². The third kappa shape index (κ3) is 3.10. The van der Waals surface area contributed by atoms with Gasteiger partial charge in [-0.2, -0.15) is 0 Å². The molecule has 2 aromatic rings. The zero-order valence-corrected chi connectivity index (χ0v) is 13.3. The number of hydrogen-bond acceptors (Lipinski definition) is 3. The number of carbonyl (C=O) groups is 1. The molecule has 0 fully saturated rings. The molecule has 0 bridgehead atoms. The molecule has 2 rings (SSSR count). The van der Waals surface area contributed by atoms with E-state index in [-0.39, 0.29) is 11.9 Å². The Morgan fingerprint density at radius 3 is 2.90 bits per heavy atom. The van der Waals surface area contributed by atoms with Crippen molar-refractivity contribution >= 4 is 21.8 Å². The van der Waals surface area contributed by atoms with Gasteiger partial charge in [-0.25, -0.2) is 0 Å². The van der Waals surface area contributed by atoms with Crippen LogP contribution in [0.5, 0.6) is 0 Å². The number of amides is 1. The molecular weight excluding hydrogens is 320 g/mol. The van der Waals surface area contributed by atoms with E-state index in [1.54, 1.807) is 6.92 Å². The van der Waals surface area contributed by atoms with Crippen molar-refractivity contribution in [2.24, 2.45) is 0 Å². The summed E-state index contributed by atoms with van der Waals surface area (Å²) in [6.07, 6.45) is 0.877. The Balaban J connectivity index is 2.39. The van der Waals surface area contributed by atoms with Crippen LogP contribution < -0.4 is 5.32 Å². The maximum Gasteiger partial charge on any atom is 0.257 e. The van der Waals surface area contributed by atoms with Crippen LogP contribution in [0.15, 0.2) is 33.3 Å². The van der Waals surface area contributed by atoms with Crippen LogP contribution in [-0.4, -0.2) is 17.1 Å². The van der Waals surface area contributed by atoms with Gasteiger partial charge in [-0.05, 0) is 32.4 Å². The highest BCUT2D eigenvalue weighted by molar-refractivity contribution is 9.10. The van der Waals surface area contributed by atoms with Crippen LogP contribution in [0, 0.1) is 6.92 Å². The van der Waals surface area contributed by atoms with Gasteiger partial charge < -0.3 is 9.84 Å². The molecule has 0 spiro atoms. The number of rotatable bonds is 4. The third-order valence-electron chi connectivity index (χ3n) is 3.18. The second kappa shape index (κ2) is 6.22. The van der Waals surface area contributed by atoms with Crippen LogP contribution in [0.3, 0.4) is 0 Å². The van der Waals surface area contributed by atoms with Crippen molar-refractivity contribution in [1.29, 1.82) is 0 Å². The van der Waals surface area contributed by atoms with Gasteiger partial charge in [0.15, 0.2) is 0 Å². The molecule has 4 nitrogen and oxygen atoms in total. The molecule has 5 heteroatoms. The van der Waals surface area contributed by atoms with Crippen molar-refractivity contribution in [3.8, 4) is 11.3 Å². The topological polar surface area (TPSA) is 55.1 Å². The van der Waals surface area contributed by atoms with Crippen LogP contribution in [0.1, 0.15) is 36.4 Å². The van der Waals surface area contributed by atoms with Crippen molar-refractivity contribution in [3.63, 3.8) is 0 Å². The maximum absolute atomic E-state index is 12.4. The summed E-state index contributed by atoms with van der Waals surface area (Å²) < 4.78 is 6.13. The van der Waals surface area contributed by atoms with Crippen molar-refractivity contribution in [2.75, 3.05) is 0 Å². The normalized spacial score (nSPS) is 12.2. The smallest absolute Gasteiger partial charge is 0.257 e. The first-order chi connectivity index (χ1) is 9.52. The molecule has 1 aromatic carbocycles. The predicted octanol–water partition coefficient (Wildman–Crippen LogP) is 3.94. The number of halogens is 1. The summed E-state index contributed by atoms with van der Waals surface area (Å²) in [5.74, 6) is 0.383. The van der Waals surface area contributed by atoms with Crippen molar-refractivity contribution in [3.05, 3.63) is 40.1 Å². The second-order valence-electron chi connectivity index (χ2n) is 4.76. The number of aryl methyl sites for hydroxylation is 1. The molecule has 1 atom stereocenters. The number of nitrogens with one attached hydrogen (secondary N) is 1. The molecule has 106 valence electrons. The summed E-state index contributed by atoms with van der Waals surface area (Å²) in [5.41, 5.74) is 1.93. The fourth-order valence-corrected chi connectivity index (χ4v) is 2.27. The van der Waals surface area contributed by atoms with Crippen LogP contribution in [-0.2, 0) is 0 Å². The quantitative estimate of drug-likeness (QED) is 0.919. The zero-order chi connectivity index (χ0) is 14.7. The average Bonchev–Trinajstić information content (AvgIpc) is 2.80. The molecule has 1 heterocycles. The first kappa shape index (κ1) is 14.8. The molecular formula is C15H17BrN2O2. The van der Waals surface area contributed by atoms with Gasteiger partial charge in [0.1, 0.15) is 17.0 Å². The fourth-order valence-electron chi connectivity index (χ4n) is 1.87. The van der Waals surface area contributed by atoms with Gasteiger partial charge in [0.2, 0.25) is 0 Å². The van der Waals surface area contributed by atoms with Crippen molar-refractivity contribution in [1.82, 2.24) is 10.5 Å². The molecule has 20 heavy (non-hydrogen) atoms. The van der Waals surface area contributed by atoms with E-state index in [0.717, 1.165) is 16.5 Å². The third-order valence-corrected chi connectivity index (χ3v) is 3.67. The number of benzene rings is 1. The zero-order valence-electron chi connectivity index (χ0n) is 11.7. The predicted molar refractivity (Wildman–Crippen MR) is 81.6 cm³/mol. The highest BCUT2D eigenvalue weighted by Crippen LogP contribution is 2.27. The Hall–Kier alpha value is -1.62. The van der Waals surface area contributed by atoms with E-state index < -0.39 is 0 Å². The van der Waals surface area contributed by atoms with E-state index in [2.05, 4.69) is 26.4 Å². The number of aromatic nitrogens is 1. The molecule has 0 radical (unpaired) electrons. The minimum absolute atomic E-state index is 0.118. The first-order valence-electron chi connectivity index (χ1n) is 6.56. The van der Waals surface area contributed by atoms with Crippen LogP contribution in [0.4, 0.5) is 0 Å². The average molecular weight is 337 g/mol. The largest absolute Gasteiger partial charge is 0.360 e. The summed E-state index contributed by atoms with van der Waals surface area (Å²) in [4.78, 5) is 12.4. The highest BCUT2D eigenvalue weighted by Gasteiger charge is 2.22. The van der Waals surface area contributed by atoms with Crippen molar-refractivity contribution < 1.29 is 9.32 Å². The monoisotopic (exact) mass is 336 g/mol. The summed E-state index contributed by atoms with van der Waals surface area (Å²) in [6, 6.07) is 7.77. The Kier molecular flexibility index (Phi) is 4.60. The van der Waals surface area contributed by atoms with Crippen LogP contribution in [0.25, 0.3) is 11.3 Å². The second-order valence-corrected chi connectivity index (χ2v) is 5.67. The first-order valence-corrected chi connectivity index (χ1v) is 7.35. The minimum Gasteiger partial charge on any atom is -0.360 e.